The van der Waals surface area contributed by atoms with Crippen molar-refractivity contribution in [1.29, 1.82) is 0 Å². The number of fused-ring (bicyclic) bond motifs is 3. The number of benzene rings is 1. The van der Waals surface area contributed by atoms with Crippen LogP contribution in [0.25, 0.3) is 0 Å². The second-order valence-corrected chi connectivity index (χ2v) is 5.33. The molecule has 1 heteroatoms. The summed E-state index contributed by atoms with van der Waals surface area (Å²) in [5.41, 5.74) is 4.89. The molecule has 0 aliphatic heterocycles. The van der Waals surface area contributed by atoms with Gasteiger partial charge in [-0.15, -0.1) is 0 Å². The lowest BCUT2D eigenvalue weighted by Gasteiger charge is -2.24. The molecule has 0 bridgehead atoms. The lowest BCUT2D eigenvalue weighted by molar-refractivity contribution is 0.0897. The predicted molar refractivity (Wildman–Crippen MR) is 64.9 cm³/mol. The van der Waals surface area contributed by atoms with Crippen LogP contribution in [0.3, 0.4) is 0 Å². The molecule has 84 valence electrons. The molecule has 0 saturated heterocycles. The second kappa shape index (κ2) is 3.44. The van der Waals surface area contributed by atoms with Gasteiger partial charge in [0.1, 0.15) is 0 Å². The second-order valence-electron chi connectivity index (χ2n) is 5.33. The van der Waals surface area contributed by atoms with E-state index < -0.39 is 0 Å². The van der Waals surface area contributed by atoms with Crippen molar-refractivity contribution in [3.8, 4) is 0 Å². The topological polar surface area (TPSA) is 17.1 Å². The number of carbonyl (C=O) groups is 1. The van der Waals surface area contributed by atoms with Gasteiger partial charge in [-0.2, -0.15) is 0 Å². The van der Waals surface area contributed by atoms with E-state index in [0.717, 1.165) is 12.0 Å². The normalized spacial score (nSPS) is 27.8. The third kappa shape index (κ3) is 1.20. The molecule has 1 aromatic rings. The largest absolute Gasteiger partial charge is 0.294 e. The number of carbonyl (C=O) groups excluding carboxylic acids is 1. The van der Waals surface area contributed by atoms with Crippen LogP contribution in [0.15, 0.2) is 12.1 Å². The van der Waals surface area contributed by atoms with E-state index >= 15 is 0 Å². The summed E-state index contributed by atoms with van der Waals surface area (Å²) in [5, 5.41) is 0. The van der Waals surface area contributed by atoms with Gasteiger partial charge >= 0.3 is 0 Å². The Morgan fingerprint density at radius 3 is 2.50 bits per heavy atom. The van der Waals surface area contributed by atoms with Crippen molar-refractivity contribution in [3.63, 3.8) is 0 Å². The molecule has 1 saturated carbocycles. The van der Waals surface area contributed by atoms with Crippen LogP contribution in [-0.4, -0.2) is 5.78 Å². The van der Waals surface area contributed by atoms with Crippen LogP contribution in [-0.2, 0) is 0 Å². The van der Waals surface area contributed by atoms with Crippen molar-refractivity contribution >= 4 is 5.78 Å². The van der Waals surface area contributed by atoms with E-state index in [9.17, 15) is 4.79 Å². The maximum Gasteiger partial charge on any atom is 0.167 e. The Balaban J connectivity index is 2.17. The Kier molecular flexibility index (Phi) is 2.17. The van der Waals surface area contributed by atoms with Crippen LogP contribution in [0.2, 0.25) is 0 Å². The van der Waals surface area contributed by atoms with Gasteiger partial charge in [-0.05, 0) is 49.3 Å². The molecule has 2 aliphatic rings. The van der Waals surface area contributed by atoms with Gasteiger partial charge in [0.2, 0.25) is 0 Å². The fraction of sp³-hybridized carbons (Fsp3) is 0.533. The molecule has 2 atom stereocenters. The molecular weight excluding hydrogens is 196 g/mol. The van der Waals surface area contributed by atoms with Gasteiger partial charge in [-0.1, -0.05) is 25.0 Å². The third-order valence-corrected chi connectivity index (χ3v) is 4.52. The summed E-state index contributed by atoms with van der Waals surface area (Å²) in [7, 11) is 0. The lowest BCUT2D eigenvalue weighted by atomic mass is 9.79. The van der Waals surface area contributed by atoms with Crippen molar-refractivity contribution in [2.45, 2.75) is 45.4 Å². The first-order valence-electron chi connectivity index (χ1n) is 6.34. The Hall–Kier alpha value is -1.11. The minimum absolute atomic E-state index is 0.309. The van der Waals surface area contributed by atoms with E-state index in [0.29, 0.717) is 17.6 Å². The van der Waals surface area contributed by atoms with Gasteiger partial charge in [-0.3, -0.25) is 4.79 Å². The SMILES string of the molecule is Cc1ccc2c(c1C)C(=O)C1CCCCC21. The summed E-state index contributed by atoms with van der Waals surface area (Å²) in [4.78, 5) is 12.4. The van der Waals surface area contributed by atoms with E-state index in [1.165, 1.54) is 36.0 Å². The van der Waals surface area contributed by atoms with Crippen molar-refractivity contribution in [2.24, 2.45) is 5.92 Å². The predicted octanol–water partition coefficient (Wildman–Crippen LogP) is 3.77. The first-order chi connectivity index (χ1) is 7.70. The van der Waals surface area contributed by atoms with Crippen LogP contribution in [0.4, 0.5) is 0 Å². The van der Waals surface area contributed by atoms with Crippen molar-refractivity contribution < 1.29 is 4.79 Å². The zero-order valence-electron chi connectivity index (χ0n) is 10.0. The van der Waals surface area contributed by atoms with E-state index in [1.54, 1.807) is 0 Å². The van der Waals surface area contributed by atoms with E-state index in [-0.39, 0.29) is 0 Å². The zero-order chi connectivity index (χ0) is 11.3. The van der Waals surface area contributed by atoms with Crippen molar-refractivity contribution in [2.75, 3.05) is 0 Å². The number of hydrogen-bond acceptors (Lipinski definition) is 1. The van der Waals surface area contributed by atoms with Crippen LogP contribution in [0, 0.1) is 19.8 Å². The molecule has 0 N–H and O–H groups in total. The highest BCUT2D eigenvalue weighted by atomic mass is 16.1. The zero-order valence-corrected chi connectivity index (χ0v) is 10.0. The molecule has 2 unspecified atom stereocenters. The monoisotopic (exact) mass is 214 g/mol. The maximum atomic E-state index is 12.4. The summed E-state index contributed by atoms with van der Waals surface area (Å²) in [6, 6.07) is 4.38. The average molecular weight is 214 g/mol. The first-order valence-corrected chi connectivity index (χ1v) is 6.34. The molecule has 2 aliphatic carbocycles. The Labute approximate surface area is 96.9 Å². The maximum absolute atomic E-state index is 12.4. The minimum atomic E-state index is 0.309. The number of aryl methyl sites for hydroxylation is 1. The molecule has 16 heavy (non-hydrogen) atoms. The molecule has 1 aromatic carbocycles. The van der Waals surface area contributed by atoms with Crippen LogP contribution in [0.1, 0.15) is 58.6 Å². The van der Waals surface area contributed by atoms with Gasteiger partial charge in [0.05, 0.1) is 0 Å². The number of Topliss-reactive ketones (excluding diaryl/α,β-unsaturated/α-hetero) is 1. The van der Waals surface area contributed by atoms with E-state index in [4.69, 9.17) is 0 Å². The highest BCUT2D eigenvalue weighted by Gasteiger charge is 2.41. The van der Waals surface area contributed by atoms with Crippen LogP contribution >= 0.6 is 0 Å². The Morgan fingerprint density at radius 2 is 1.75 bits per heavy atom. The van der Waals surface area contributed by atoms with Gasteiger partial charge in [0.25, 0.3) is 0 Å². The fourth-order valence-corrected chi connectivity index (χ4v) is 3.48. The lowest BCUT2D eigenvalue weighted by Crippen LogP contribution is -2.17. The summed E-state index contributed by atoms with van der Waals surface area (Å²) >= 11 is 0. The molecule has 1 fully saturated rings. The molecule has 0 spiro atoms. The summed E-state index contributed by atoms with van der Waals surface area (Å²) in [6.45, 7) is 4.20. The minimum Gasteiger partial charge on any atom is -0.294 e. The van der Waals surface area contributed by atoms with E-state index in [1.807, 2.05) is 0 Å². The molecule has 0 radical (unpaired) electrons. The Morgan fingerprint density at radius 1 is 1.06 bits per heavy atom. The number of rotatable bonds is 0. The Bertz CT molecular complexity index is 459. The van der Waals surface area contributed by atoms with Gasteiger partial charge in [0, 0.05) is 11.5 Å². The third-order valence-electron chi connectivity index (χ3n) is 4.52. The highest BCUT2D eigenvalue weighted by Crippen LogP contribution is 2.47. The van der Waals surface area contributed by atoms with Crippen LogP contribution < -0.4 is 0 Å². The molecule has 0 amide bonds. The molecule has 0 aromatic heterocycles. The van der Waals surface area contributed by atoms with Gasteiger partial charge in [-0.25, -0.2) is 0 Å². The summed E-state index contributed by atoms with van der Waals surface area (Å²) in [6.07, 6.45) is 4.85. The standard InChI is InChI=1S/C15H18O/c1-9-7-8-12-11-5-3-4-6-13(11)15(16)14(12)10(9)2/h7-8,11,13H,3-6H2,1-2H3. The quantitative estimate of drug-likeness (QED) is 0.642. The van der Waals surface area contributed by atoms with Crippen molar-refractivity contribution in [3.05, 3.63) is 34.4 Å². The highest BCUT2D eigenvalue weighted by molar-refractivity contribution is 6.04. The van der Waals surface area contributed by atoms with Crippen molar-refractivity contribution in [1.82, 2.24) is 0 Å². The molecular formula is C15H18O. The molecule has 3 rings (SSSR count). The molecule has 0 heterocycles. The van der Waals surface area contributed by atoms with Gasteiger partial charge < -0.3 is 0 Å². The van der Waals surface area contributed by atoms with Gasteiger partial charge in [0.15, 0.2) is 5.78 Å². The number of ketones is 1. The number of hydrogen-bond donors (Lipinski definition) is 0. The molecule has 1 nitrogen and oxygen atoms in total. The fourth-order valence-electron chi connectivity index (χ4n) is 3.48. The average Bonchev–Trinajstić information content (AvgIpc) is 2.59. The van der Waals surface area contributed by atoms with Crippen LogP contribution in [0.5, 0.6) is 0 Å². The summed E-state index contributed by atoms with van der Waals surface area (Å²) < 4.78 is 0. The van der Waals surface area contributed by atoms with E-state index in [2.05, 4.69) is 26.0 Å². The summed E-state index contributed by atoms with van der Waals surface area (Å²) in [5.74, 6) is 1.28. The first kappa shape index (κ1) is 10.1. The smallest absolute Gasteiger partial charge is 0.167 e.